The molecule has 1 unspecified atom stereocenters. The van der Waals surface area contributed by atoms with Crippen LogP contribution >= 0.6 is 11.6 Å². The average molecular weight is 540 g/mol. The standard InChI is InChI=1S/C27H24ClF2N5O3/c1-34(21-7-9-22(38-2)10-8-21)27(37)24(13-17-11-19(29)14-20(30)12-17)31-26(36)25-16-35(33-32-25)15-18-5-3-4-6-23(18)28/h3-12,14,16,24H,13,15H2,1-2H3,(H,31,36). The molecule has 0 aliphatic carbocycles. The molecule has 1 atom stereocenters. The molecule has 4 rings (SSSR count). The fourth-order valence-electron chi connectivity index (χ4n) is 3.84. The number of methoxy groups -OCH3 is 1. The molecule has 0 radical (unpaired) electrons. The van der Waals surface area contributed by atoms with Crippen LogP contribution in [0.4, 0.5) is 14.5 Å². The van der Waals surface area contributed by atoms with Gasteiger partial charge in [-0.05, 0) is 53.6 Å². The molecular weight excluding hydrogens is 516 g/mol. The van der Waals surface area contributed by atoms with Crippen LogP contribution in [-0.4, -0.2) is 47.0 Å². The number of anilines is 1. The van der Waals surface area contributed by atoms with Crippen LogP contribution < -0.4 is 15.0 Å². The Bertz CT molecular complexity index is 1420. The number of hydrogen-bond donors (Lipinski definition) is 1. The number of amides is 2. The SMILES string of the molecule is COc1ccc(N(C)C(=O)C(Cc2cc(F)cc(F)c2)NC(=O)c2cn(Cc3ccccc3Cl)nn2)cc1. The van der Waals surface area contributed by atoms with Gasteiger partial charge >= 0.3 is 0 Å². The van der Waals surface area contributed by atoms with Crippen molar-refractivity contribution in [2.75, 3.05) is 19.1 Å². The molecule has 0 saturated heterocycles. The Hall–Kier alpha value is -4.31. The summed E-state index contributed by atoms with van der Waals surface area (Å²) in [5.41, 5.74) is 1.48. The van der Waals surface area contributed by atoms with Gasteiger partial charge in [-0.2, -0.15) is 0 Å². The van der Waals surface area contributed by atoms with Crippen LogP contribution in [0, 0.1) is 11.6 Å². The first kappa shape index (κ1) is 26.7. The summed E-state index contributed by atoms with van der Waals surface area (Å²) < 4.78 is 34.3. The Kier molecular flexibility index (Phi) is 8.32. The van der Waals surface area contributed by atoms with Crippen molar-refractivity contribution in [1.29, 1.82) is 0 Å². The molecule has 11 heteroatoms. The zero-order valence-electron chi connectivity index (χ0n) is 20.6. The smallest absolute Gasteiger partial charge is 0.274 e. The maximum absolute atomic E-state index is 13.8. The summed E-state index contributed by atoms with van der Waals surface area (Å²) in [5, 5.41) is 11.1. The Morgan fingerprint density at radius 1 is 1.08 bits per heavy atom. The zero-order chi connectivity index (χ0) is 27.2. The summed E-state index contributed by atoms with van der Waals surface area (Å²) in [6.45, 7) is 0.283. The summed E-state index contributed by atoms with van der Waals surface area (Å²) in [4.78, 5) is 27.9. The predicted molar refractivity (Wildman–Crippen MR) is 138 cm³/mol. The third-order valence-corrected chi connectivity index (χ3v) is 6.19. The molecular formula is C27H24ClF2N5O3. The molecule has 0 spiro atoms. The lowest BCUT2D eigenvalue weighted by Gasteiger charge is -2.25. The Balaban J connectivity index is 1.55. The normalized spacial score (nSPS) is 11.6. The highest BCUT2D eigenvalue weighted by atomic mass is 35.5. The fraction of sp³-hybridized carbons (Fsp3) is 0.185. The maximum Gasteiger partial charge on any atom is 0.274 e. The maximum atomic E-state index is 13.8. The summed E-state index contributed by atoms with van der Waals surface area (Å²) in [5.74, 6) is -2.15. The van der Waals surface area contributed by atoms with E-state index >= 15 is 0 Å². The molecule has 0 aliphatic heterocycles. The lowest BCUT2D eigenvalue weighted by molar-refractivity contribution is -0.120. The minimum Gasteiger partial charge on any atom is -0.497 e. The molecule has 8 nitrogen and oxygen atoms in total. The Morgan fingerprint density at radius 2 is 1.76 bits per heavy atom. The van der Waals surface area contributed by atoms with Crippen LogP contribution in [0.15, 0.2) is 72.9 Å². The highest BCUT2D eigenvalue weighted by Crippen LogP contribution is 2.20. The molecule has 1 heterocycles. The van der Waals surface area contributed by atoms with E-state index in [1.165, 1.54) is 29.9 Å². The average Bonchev–Trinajstić information content (AvgIpc) is 3.37. The number of nitrogens with zero attached hydrogens (tertiary/aromatic N) is 4. The minimum atomic E-state index is -1.16. The number of likely N-dealkylation sites (N-methyl/N-ethyl adjacent to an activating group) is 1. The van der Waals surface area contributed by atoms with Gasteiger partial charge in [-0.3, -0.25) is 9.59 Å². The molecule has 0 bridgehead atoms. The van der Waals surface area contributed by atoms with Gasteiger partial charge in [-0.25, -0.2) is 13.5 Å². The number of halogens is 3. The molecule has 0 aliphatic rings. The van der Waals surface area contributed by atoms with Crippen LogP contribution in [0.1, 0.15) is 21.6 Å². The van der Waals surface area contributed by atoms with E-state index in [1.54, 1.807) is 36.4 Å². The predicted octanol–water partition coefficient (Wildman–Crippen LogP) is 4.27. The van der Waals surface area contributed by atoms with E-state index < -0.39 is 29.5 Å². The second kappa shape index (κ2) is 11.8. The molecule has 1 N–H and O–H groups in total. The van der Waals surface area contributed by atoms with Crippen LogP contribution in [-0.2, 0) is 17.8 Å². The van der Waals surface area contributed by atoms with Crippen molar-refractivity contribution in [3.63, 3.8) is 0 Å². The van der Waals surface area contributed by atoms with Crippen LogP contribution in [0.3, 0.4) is 0 Å². The summed E-state index contributed by atoms with van der Waals surface area (Å²) in [6.07, 6.45) is 1.27. The number of rotatable bonds is 9. The van der Waals surface area contributed by atoms with E-state index in [9.17, 15) is 18.4 Å². The highest BCUT2D eigenvalue weighted by molar-refractivity contribution is 6.31. The van der Waals surface area contributed by atoms with Gasteiger partial charge in [0.05, 0.1) is 19.9 Å². The topological polar surface area (TPSA) is 89.4 Å². The molecule has 0 fully saturated rings. The van der Waals surface area contributed by atoms with Crippen molar-refractivity contribution in [3.05, 3.63) is 106 Å². The first-order valence-corrected chi connectivity index (χ1v) is 11.9. The molecule has 196 valence electrons. The molecule has 38 heavy (non-hydrogen) atoms. The molecule has 4 aromatic rings. The van der Waals surface area contributed by atoms with Crippen molar-refractivity contribution in [1.82, 2.24) is 20.3 Å². The van der Waals surface area contributed by atoms with Crippen molar-refractivity contribution < 1.29 is 23.1 Å². The summed E-state index contributed by atoms with van der Waals surface area (Å²) in [6, 6.07) is 15.7. The summed E-state index contributed by atoms with van der Waals surface area (Å²) in [7, 11) is 3.06. The molecule has 2 amide bonds. The minimum absolute atomic E-state index is 0.0348. The third kappa shape index (κ3) is 6.51. The van der Waals surface area contributed by atoms with Gasteiger partial charge in [-0.15, -0.1) is 5.10 Å². The van der Waals surface area contributed by atoms with E-state index in [2.05, 4.69) is 15.6 Å². The lowest BCUT2D eigenvalue weighted by Crippen LogP contribution is -2.49. The quantitative estimate of drug-likeness (QED) is 0.343. The second-order valence-electron chi connectivity index (χ2n) is 8.50. The van der Waals surface area contributed by atoms with Gasteiger partial charge in [0, 0.05) is 30.2 Å². The number of carbonyl (C=O) groups excluding carboxylic acids is 2. The van der Waals surface area contributed by atoms with Crippen molar-refractivity contribution in [2.24, 2.45) is 0 Å². The van der Waals surface area contributed by atoms with Crippen molar-refractivity contribution >= 4 is 29.1 Å². The number of nitrogens with one attached hydrogen (secondary N) is 1. The third-order valence-electron chi connectivity index (χ3n) is 5.82. The first-order chi connectivity index (χ1) is 18.2. The molecule has 0 saturated carbocycles. The number of benzene rings is 3. The largest absolute Gasteiger partial charge is 0.497 e. The van der Waals surface area contributed by atoms with Gasteiger partial charge in [0.2, 0.25) is 5.91 Å². The number of hydrogen-bond acceptors (Lipinski definition) is 5. The van der Waals surface area contributed by atoms with E-state index in [0.717, 1.165) is 23.8 Å². The zero-order valence-corrected chi connectivity index (χ0v) is 21.3. The number of ether oxygens (including phenoxy) is 1. The van der Waals surface area contributed by atoms with Gasteiger partial charge in [0.15, 0.2) is 5.69 Å². The summed E-state index contributed by atoms with van der Waals surface area (Å²) >= 11 is 6.20. The van der Waals surface area contributed by atoms with E-state index in [-0.39, 0.29) is 24.2 Å². The van der Waals surface area contributed by atoms with Gasteiger partial charge in [0.1, 0.15) is 23.4 Å². The van der Waals surface area contributed by atoms with Crippen molar-refractivity contribution in [2.45, 2.75) is 19.0 Å². The van der Waals surface area contributed by atoms with Crippen molar-refractivity contribution in [3.8, 4) is 5.75 Å². The van der Waals surface area contributed by atoms with E-state index in [4.69, 9.17) is 16.3 Å². The van der Waals surface area contributed by atoms with E-state index in [0.29, 0.717) is 16.5 Å². The molecule has 3 aromatic carbocycles. The van der Waals surface area contributed by atoms with Gasteiger partial charge < -0.3 is 15.0 Å². The van der Waals surface area contributed by atoms with Gasteiger partial charge in [0.25, 0.3) is 5.91 Å². The Labute approximate surface area is 222 Å². The van der Waals surface area contributed by atoms with Crippen LogP contribution in [0.2, 0.25) is 5.02 Å². The van der Waals surface area contributed by atoms with Crippen LogP contribution in [0.5, 0.6) is 5.75 Å². The first-order valence-electron chi connectivity index (χ1n) is 11.5. The number of aromatic nitrogens is 3. The lowest BCUT2D eigenvalue weighted by atomic mass is 10.0. The number of carbonyl (C=O) groups is 2. The second-order valence-corrected chi connectivity index (χ2v) is 8.90. The monoisotopic (exact) mass is 539 g/mol. The van der Waals surface area contributed by atoms with Gasteiger partial charge in [-0.1, -0.05) is 35.0 Å². The van der Waals surface area contributed by atoms with E-state index in [1.807, 2.05) is 12.1 Å². The van der Waals surface area contributed by atoms with Crippen LogP contribution in [0.25, 0.3) is 0 Å². The Morgan fingerprint density at radius 3 is 2.42 bits per heavy atom. The molecule has 1 aromatic heterocycles. The highest BCUT2D eigenvalue weighted by Gasteiger charge is 2.27. The fourth-order valence-corrected chi connectivity index (χ4v) is 4.04.